The molecule has 0 radical (unpaired) electrons. The van der Waals surface area contributed by atoms with Crippen LogP contribution in [0, 0.1) is 10.8 Å². The molecule has 1 aliphatic rings. The standard InChI is InChI=1S/C11H24N2O2S/c1-10(2,3)6-7-16(14,15)13-9-11(8-12)4-5-11/h13H,4-9,12H2,1-3H3. The average Bonchev–Trinajstić information content (AvgIpc) is 2.92. The quantitative estimate of drug-likeness (QED) is 0.739. The van der Waals surface area contributed by atoms with Crippen LogP contribution in [0.4, 0.5) is 0 Å². The summed E-state index contributed by atoms with van der Waals surface area (Å²) in [5, 5.41) is 0. The van der Waals surface area contributed by atoms with Gasteiger partial charge in [0.05, 0.1) is 5.75 Å². The van der Waals surface area contributed by atoms with E-state index < -0.39 is 10.0 Å². The second-order valence-corrected chi connectivity index (χ2v) is 8.08. The van der Waals surface area contributed by atoms with Crippen molar-refractivity contribution in [3.8, 4) is 0 Å². The van der Waals surface area contributed by atoms with Gasteiger partial charge in [-0.25, -0.2) is 13.1 Å². The molecule has 0 spiro atoms. The van der Waals surface area contributed by atoms with Gasteiger partial charge in [0.2, 0.25) is 10.0 Å². The van der Waals surface area contributed by atoms with E-state index in [2.05, 4.69) is 4.72 Å². The summed E-state index contributed by atoms with van der Waals surface area (Å²) in [5.41, 5.74) is 5.73. The van der Waals surface area contributed by atoms with Crippen molar-refractivity contribution in [2.45, 2.75) is 40.0 Å². The molecule has 0 unspecified atom stereocenters. The first kappa shape index (κ1) is 13.9. The fourth-order valence-corrected chi connectivity index (χ4v) is 2.96. The molecule has 1 fully saturated rings. The lowest BCUT2D eigenvalue weighted by molar-refractivity contribution is 0.395. The van der Waals surface area contributed by atoms with E-state index in [1.165, 1.54) is 0 Å². The van der Waals surface area contributed by atoms with E-state index in [9.17, 15) is 8.42 Å². The number of hydrogen-bond acceptors (Lipinski definition) is 3. The van der Waals surface area contributed by atoms with E-state index in [4.69, 9.17) is 5.73 Å². The van der Waals surface area contributed by atoms with Crippen molar-refractivity contribution in [1.82, 2.24) is 4.72 Å². The molecule has 3 N–H and O–H groups in total. The first-order valence-corrected chi connectivity index (χ1v) is 7.51. The summed E-state index contributed by atoms with van der Waals surface area (Å²) < 4.78 is 26.1. The first-order chi connectivity index (χ1) is 7.18. The third kappa shape index (κ3) is 4.80. The zero-order valence-electron chi connectivity index (χ0n) is 10.5. The van der Waals surface area contributed by atoms with E-state index in [-0.39, 0.29) is 16.6 Å². The molecule has 0 amide bonds. The molecule has 0 aromatic carbocycles. The Bertz CT molecular complexity index is 326. The Hall–Kier alpha value is -0.130. The van der Waals surface area contributed by atoms with E-state index in [1.54, 1.807) is 0 Å². The minimum absolute atomic E-state index is 0.0554. The molecule has 0 aromatic rings. The Morgan fingerprint density at radius 3 is 2.25 bits per heavy atom. The monoisotopic (exact) mass is 248 g/mol. The lowest BCUT2D eigenvalue weighted by Crippen LogP contribution is -2.35. The van der Waals surface area contributed by atoms with Gasteiger partial charge in [0.25, 0.3) is 0 Å². The van der Waals surface area contributed by atoms with E-state index >= 15 is 0 Å². The summed E-state index contributed by atoms with van der Waals surface area (Å²) in [7, 11) is -3.12. The zero-order chi connectivity index (χ0) is 12.4. The predicted molar refractivity (Wildman–Crippen MR) is 66.6 cm³/mol. The molecule has 0 atom stereocenters. The zero-order valence-corrected chi connectivity index (χ0v) is 11.4. The molecule has 1 rings (SSSR count). The molecular formula is C11H24N2O2S. The molecule has 16 heavy (non-hydrogen) atoms. The van der Waals surface area contributed by atoms with E-state index in [0.717, 1.165) is 12.8 Å². The van der Waals surface area contributed by atoms with Crippen LogP contribution in [-0.2, 0) is 10.0 Å². The molecule has 96 valence electrons. The van der Waals surface area contributed by atoms with Gasteiger partial charge in [0, 0.05) is 6.54 Å². The minimum Gasteiger partial charge on any atom is -0.330 e. The Kier molecular flexibility index (Phi) is 4.03. The number of sulfonamides is 1. The number of hydrogen-bond donors (Lipinski definition) is 2. The van der Waals surface area contributed by atoms with Crippen LogP contribution in [0.1, 0.15) is 40.0 Å². The minimum atomic E-state index is -3.12. The summed E-state index contributed by atoms with van der Waals surface area (Å²) in [6.45, 7) is 7.23. The maximum Gasteiger partial charge on any atom is 0.211 e. The van der Waals surface area contributed by atoms with Gasteiger partial charge >= 0.3 is 0 Å². The SMILES string of the molecule is CC(C)(C)CCS(=O)(=O)NCC1(CN)CC1. The van der Waals surface area contributed by atoms with Gasteiger partial charge in [-0.1, -0.05) is 20.8 Å². The maximum absolute atomic E-state index is 11.7. The predicted octanol–water partition coefficient (Wildman–Crippen LogP) is 1.08. The highest BCUT2D eigenvalue weighted by atomic mass is 32.2. The summed E-state index contributed by atoms with van der Waals surface area (Å²) in [6, 6.07) is 0. The third-order valence-electron chi connectivity index (χ3n) is 3.18. The average molecular weight is 248 g/mol. The second kappa shape index (κ2) is 4.63. The molecule has 0 bridgehead atoms. The van der Waals surface area contributed by atoms with Gasteiger partial charge in [-0.05, 0) is 36.6 Å². The molecule has 0 saturated heterocycles. The van der Waals surface area contributed by atoms with Crippen molar-refractivity contribution < 1.29 is 8.42 Å². The van der Waals surface area contributed by atoms with Gasteiger partial charge < -0.3 is 5.73 Å². The van der Waals surface area contributed by atoms with Crippen molar-refractivity contribution in [3.05, 3.63) is 0 Å². The summed E-state index contributed by atoms with van der Waals surface area (Å²) in [4.78, 5) is 0. The topological polar surface area (TPSA) is 72.2 Å². The van der Waals surface area contributed by atoms with Gasteiger partial charge in [-0.15, -0.1) is 0 Å². The highest BCUT2D eigenvalue weighted by Gasteiger charge is 2.41. The number of nitrogens with one attached hydrogen (secondary N) is 1. The van der Waals surface area contributed by atoms with Crippen LogP contribution in [0.3, 0.4) is 0 Å². The lowest BCUT2D eigenvalue weighted by Gasteiger charge is -2.19. The van der Waals surface area contributed by atoms with Crippen LogP contribution < -0.4 is 10.5 Å². The maximum atomic E-state index is 11.7. The van der Waals surface area contributed by atoms with E-state index in [0.29, 0.717) is 19.5 Å². The van der Waals surface area contributed by atoms with Crippen molar-refractivity contribution >= 4 is 10.0 Å². The van der Waals surface area contributed by atoms with Crippen LogP contribution >= 0.6 is 0 Å². The van der Waals surface area contributed by atoms with Crippen molar-refractivity contribution in [2.75, 3.05) is 18.8 Å². The summed E-state index contributed by atoms with van der Waals surface area (Å²) in [6.07, 6.45) is 2.77. The molecule has 1 aliphatic carbocycles. The van der Waals surface area contributed by atoms with Crippen LogP contribution in [0.2, 0.25) is 0 Å². The molecular weight excluding hydrogens is 224 g/mol. The highest BCUT2D eigenvalue weighted by molar-refractivity contribution is 7.89. The Balaban J connectivity index is 2.35. The summed E-state index contributed by atoms with van der Waals surface area (Å²) >= 11 is 0. The summed E-state index contributed by atoms with van der Waals surface area (Å²) in [5.74, 6) is 0.206. The van der Waals surface area contributed by atoms with Gasteiger partial charge in [-0.3, -0.25) is 0 Å². The lowest BCUT2D eigenvalue weighted by atomic mass is 9.94. The van der Waals surface area contributed by atoms with Crippen LogP contribution in [0.5, 0.6) is 0 Å². The molecule has 0 aromatic heterocycles. The number of nitrogens with two attached hydrogens (primary N) is 1. The molecule has 5 heteroatoms. The Morgan fingerprint density at radius 1 is 1.31 bits per heavy atom. The van der Waals surface area contributed by atoms with Crippen molar-refractivity contribution in [3.63, 3.8) is 0 Å². The number of rotatable bonds is 6. The van der Waals surface area contributed by atoms with E-state index in [1.807, 2.05) is 20.8 Å². The highest BCUT2D eigenvalue weighted by Crippen LogP contribution is 2.43. The normalized spacial score (nSPS) is 19.8. The Labute approximate surface area is 99.0 Å². The fourth-order valence-electron chi connectivity index (χ4n) is 1.41. The van der Waals surface area contributed by atoms with Crippen LogP contribution in [0.15, 0.2) is 0 Å². The smallest absolute Gasteiger partial charge is 0.211 e. The molecule has 4 nitrogen and oxygen atoms in total. The van der Waals surface area contributed by atoms with Crippen molar-refractivity contribution in [2.24, 2.45) is 16.6 Å². The molecule has 1 saturated carbocycles. The van der Waals surface area contributed by atoms with Crippen LogP contribution in [0.25, 0.3) is 0 Å². The second-order valence-electron chi connectivity index (χ2n) is 6.15. The van der Waals surface area contributed by atoms with Gasteiger partial charge in [-0.2, -0.15) is 0 Å². The molecule has 0 aliphatic heterocycles. The molecule has 0 heterocycles. The van der Waals surface area contributed by atoms with Crippen LogP contribution in [-0.4, -0.2) is 27.3 Å². The van der Waals surface area contributed by atoms with Gasteiger partial charge in [0.15, 0.2) is 0 Å². The fraction of sp³-hybridized carbons (Fsp3) is 1.00. The third-order valence-corrected chi connectivity index (χ3v) is 4.50. The first-order valence-electron chi connectivity index (χ1n) is 5.86. The largest absolute Gasteiger partial charge is 0.330 e. The van der Waals surface area contributed by atoms with Crippen molar-refractivity contribution in [1.29, 1.82) is 0 Å². The Morgan fingerprint density at radius 2 is 1.88 bits per heavy atom. The van der Waals surface area contributed by atoms with Gasteiger partial charge in [0.1, 0.15) is 0 Å².